The molecule has 0 amide bonds. The highest BCUT2D eigenvalue weighted by atomic mass is 35.5. The largest absolute Gasteiger partial charge is 0.263 e. The maximum atomic E-state index is 12.5. The second kappa shape index (κ2) is 5.86. The molecule has 0 unspecified atom stereocenters. The van der Waals surface area contributed by atoms with E-state index in [2.05, 4.69) is 9.82 Å². The number of sulfonamides is 1. The highest BCUT2D eigenvalue weighted by Crippen LogP contribution is 2.24. The van der Waals surface area contributed by atoms with E-state index in [9.17, 15) is 8.42 Å². The zero-order valence-corrected chi connectivity index (χ0v) is 14.3. The SMILES string of the molecule is CCc1cc2c(Cl)ccc(NS(=O)(=O)c3ccc(C)cc3)n2n1. The molecule has 2 heterocycles. The van der Waals surface area contributed by atoms with Gasteiger partial charge in [-0.25, -0.2) is 12.9 Å². The molecule has 0 saturated heterocycles. The van der Waals surface area contributed by atoms with E-state index in [4.69, 9.17) is 11.6 Å². The van der Waals surface area contributed by atoms with Gasteiger partial charge in [-0.15, -0.1) is 0 Å². The van der Waals surface area contributed by atoms with Crippen LogP contribution < -0.4 is 4.72 Å². The van der Waals surface area contributed by atoms with Crippen molar-refractivity contribution in [2.45, 2.75) is 25.2 Å². The number of anilines is 1. The number of aryl methyl sites for hydroxylation is 2. The average molecular weight is 350 g/mol. The Bertz CT molecular complexity index is 963. The lowest BCUT2D eigenvalue weighted by atomic mass is 10.2. The van der Waals surface area contributed by atoms with Crippen LogP contribution in [-0.4, -0.2) is 18.0 Å². The van der Waals surface area contributed by atoms with Crippen LogP contribution in [0.1, 0.15) is 18.2 Å². The van der Waals surface area contributed by atoms with Gasteiger partial charge in [0.05, 0.1) is 21.1 Å². The Morgan fingerprint density at radius 2 is 1.87 bits per heavy atom. The quantitative estimate of drug-likeness (QED) is 0.781. The molecule has 0 bridgehead atoms. The molecule has 2 aromatic heterocycles. The summed E-state index contributed by atoms with van der Waals surface area (Å²) < 4.78 is 29.2. The fourth-order valence-corrected chi connectivity index (χ4v) is 3.50. The minimum atomic E-state index is -3.69. The van der Waals surface area contributed by atoms with E-state index in [0.29, 0.717) is 16.4 Å². The number of hydrogen-bond donors (Lipinski definition) is 1. The third-order valence-electron chi connectivity index (χ3n) is 3.55. The van der Waals surface area contributed by atoms with Crippen LogP contribution >= 0.6 is 11.6 Å². The van der Waals surface area contributed by atoms with Crippen molar-refractivity contribution in [3.05, 3.63) is 58.7 Å². The number of halogens is 1. The Morgan fingerprint density at radius 1 is 1.17 bits per heavy atom. The molecule has 1 aromatic carbocycles. The molecular weight excluding hydrogens is 334 g/mol. The number of fused-ring (bicyclic) bond motifs is 1. The van der Waals surface area contributed by atoms with Crippen LogP contribution in [0.4, 0.5) is 5.82 Å². The van der Waals surface area contributed by atoms with Crippen molar-refractivity contribution in [3.8, 4) is 0 Å². The van der Waals surface area contributed by atoms with Crippen molar-refractivity contribution < 1.29 is 8.42 Å². The molecule has 3 rings (SSSR count). The number of pyridine rings is 1. The summed E-state index contributed by atoms with van der Waals surface area (Å²) in [5, 5.41) is 4.91. The lowest BCUT2D eigenvalue weighted by Crippen LogP contribution is -2.15. The van der Waals surface area contributed by atoms with Gasteiger partial charge in [0.25, 0.3) is 10.0 Å². The van der Waals surface area contributed by atoms with Gasteiger partial charge in [0, 0.05) is 0 Å². The lowest BCUT2D eigenvalue weighted by molar-refractivity contribution is 0.600. The summed E-state index contributed by atoms with van der Waals surface area (Å²) in [7, 11) is -3.69. The number of benzene rings is 1. The van der Waals surface area contributed by atoms with Crippen LogP contribution in [0.25, 0.3) is 5.52 Å². The van der Waals surface area contributed by atoms with Crippen molar-refractivity contribution in [2.24, 2.45) is 0 Å². The molecule has 0 spiro atoms. The normalized spacial score (nSPS) is 11.8. The van der Waals surface area contributed by atoms with Crippen LogP contribution in [0, 0.1) is 6.92 Å². The third-order valence-corrected chi connectivity index (χ3v) is 5.24. The van der Waals surface area contributed by atoms with Gasteiger partial charge in [-0.1, -0.05) is 36.2 Å². The number of rotatable bonds is 4. The van der Waals surface area contributed by atoms with Crippen molar-refractivity contribution in [2.75, 3.05) is 4.72 Å². The van der Waals surface area contributed by atoms with E-state index in [1.807, 2.05) is 19.9 Å². The molecule has 0 atom stereocenters. The minimum Gasteiger partial charge on any atom is -0.263 e. The van der Waals surface area contributed by atoms with Crippen LogP contribution in [0.3, 0.4) is 0 Å². The van der Waals surface area contributed by atoms with Gasteiger partial charge >= 0.3 is 0 Å². The van der Waals surface area contributed by atoms with Gasteiger partial charge in [-0.05, 0) is 43.7 Å². The summed E-state index contributed by atoms with van der Waals surface area (Å²) in [6.07, 6.45) is 0.738. The van der Waals surface area contributed by atoms with Gasteiger partial charge < -0.3 is 0 Å². The number of nitrogens with zero attached hydrogens (tertiary/aromatic N) is 2. The molecular formula is C16H16ClN3O2S. The fraction of sp³-hybridized carbons (Fsp3) is 0.188. The highest BCUT2D eigenvalue weighted by Gasteiger charge is 2.17. The Hall–Kier alpha value is -2.05. The number of hydrogen-bond acceptors (Lipinski definition) is 3. The predicted molar refractivity (Wildman–Crippen MR) is 91.6 cm³/mol. The predicted octanol–water partition coefficient (Wildman–Crippen LogP) is 3.66. The van der Waals surface area contributed by atoms with Crippen molar-refractivity contribution >= 4 is 33.0 Å². The zero-order chi connectivity index (χ0) is 16.6. The lowest BCUT2D eigenvalue weighted by Gasteiger charge is -2.10. The van der Waals surface area contributed by atoms with Crippen LogP contribution in [0.15, 0.2) is 47.4 Å². The molecule has 0 aliphatic heterocycles. The summed E-state index contributed by atoms with van der Waals surface area (Å²) in [5.41, 5.74) is 2.51. The summed E-state index contributed by atoms with van der Waals surface area (Å²) in [5.74, 6) is 0.352. The molecule has 5 nitrogen and oxygen atoms in total. The van der Waals surface area contributed by atoms with Crippen molar-refractivity contribution in [1.82, 2.24) is 9.61 Å². The Morgan fingerprint density at radius 3 is 2.52 bits per heavy atom. The second-order valence-electron chi connectivity index (χ2n) is 5.27. The van der Waals surface area contributed by atoms with E-state index in [0.717, 1.165) is 17.7 Å². The van der Waals surface area contributed by atoms with E-state index >= 15 is 0 Å². The van der Waals surface area contributed by atoms with E-state index in [-0.39, 0.29) is 4.90 Å². The Balaban J connectivity index is 2.05. The fourth-order valence-electron chi connectivity index (χ4n) is 2.26. The maximum absolute atomic E-state index is 12.5. The average Bonchev–Trinajstić information content (AvgIpc) is 2.96. The maximum Gasteiger partial charge on any atom is 0.263 e. The first kappa shape index (κ1) is 15.8. The smallest absolute Gasteiger partial charge is 0.263 e. The van der Waals surface area contributed by atoms with E-state index in [1.54, 1.807) is 36.4 Å². The molecule has 0 radical (unpaired) electrons. The molecule has 0 saturated carbocycles. The minimum absolute atomic E-state index is 0.203. The van der Waals surface area contributed by atoms with Gasteiger partial charge in [0.2, 0.25) is 0 Å². The summed E-state index contributed by atoms with van der Waals surface area (Å²) in [4.78, 5) is 0.203. The summed E-state index contributed by atoms with van der Waals surface area (Å²) in [6, 6.07) is 11.8. The van der Waals surface area contributed by atoms with Crippen molar-refractivity contribution in [1.29, 1.82) is 0 Å². The molecule has 7 heteroatoms. The number of nitrogens with one attached hydrogen (secondary N) is 1. The molecule has 120 valence electrons. The number of aromatic nitrogens is 2. The third kappa shape index (κ3) is 3.04. The summed E-state index contributed by atoms with van der Waals surface area (Å²) >= 11 is 6.17. The van der Waals surface area contributed by atoms with Crippen LogP contribution in [0.2, 0.25) is 5.02 Å². The Kier molecular flexibility index (Phi) is 4.04. The van der Waals surface area contributed by atoms with Crippen LogP contribution in [-0.2, 0) is 16.4 Å². The second-order valence-corrected chi connectivity index (χ2v) is 7.36. The van der Waals surface area contributed by atoms with E-state index < -0.39 is 10.0 Å². The zero-order valence-electron chi connectivity index (χ0n) is 12.7. The van der Waals surface area contributed by atoms with Gasteiger partial charge in [-0.3, -0.25) is 4.72 Å². The molecule has 1 N–H and O–H groups in total. The highest BCUT2D eigenvalue weighted by molar-refractivity contribution is 7.92. The first-order chi connectivity index (χ1) is 10.9. The molecule has 0 aliphatic carbocycles. The van der Waals surface area contributed by atoms with Gasteiger partial charge in [0.15, 0.2) is 0 Å². The van der Waals surface area contributed by atoms with E-state index in [1.165, 1.54) is 4.52 Å². The van der Waals surface area contributed by atoms with Gasteiger partial charge in [0.1, 0.15) is 5.82 Å². The first-order valence-electron chi connectivity index (χ1n) is 7.17. The Labute approximate surface area is 140 Å². The molecule has 3 aromatic rings. The molecule has 0 fully saturated rings. The molecule has 23 heavy (non-hydrogen) atoms. The first-order valence-corrected chi connectivity index (χ1v) is 9.03. The van der Waals surface area contributed by atoms with Gasteiger partial charge in [-0.2, -0.15) is 5.10 Å². The summed E-state index contributed by atoms with van der Waals surface area (Å²) in [6.45, 7) is 3.88. The monoisotopic (exact) mass is 349 g/mol. The molecule has 0 aliphatic rings. The topological polar surface area (TPSA) is 63.5 Å². The van der Waals surface area contributed by atoms with Crippen molar-refractivity contribution in [3.63, 3.8) is 0 Å². The standard InChI is InChI=1S/C16H16ClN3O2S/c1-3-12-10-15-14(17)8-9-16(20(15)18-12)19-23(21,22)13-6-4-11(2)5-7-13/h4-10,19H,3H2,1-2H3. The van der Waals surface area contributed by atoms with Crippen LogP contribution in [0.5, 0.6) is 0 Å².